The highest BCUT2D eigenvalue weighted by molar-refractivity contribution is 7.99. The second-order valence-electron chi connectivity index (χ2n) is 5.53. The van der Waals surface area contributed by atoms with Gasteiger partial charge < -0.3 is 9.64 Å². The molecule has 0 radical (unpaired) electrons. The zero-order chi connectivity index (χ0) is 16.6. The molecule has 3 rings (SSSR count). The van der Waals surface area contributed by atoms with Crippen molar-refractivity contribution in [2.75, 3.05) is 18.8 Å². The number of carbonyl (C=O) groups is 1. The van der Waals surface area contributed by atoms with Crippen LogP contribution in [0.2, 0.25) is 10.0 Å². The number of carbonyl (C=O) groups excluding carboxylic acids is 1. The van der Waals surface area contributed by atoms with E-state index in [-0.39, 0.29) is 23.9 Å². The molecule has 2 aromatic heterocycles. The molecule has 1 saturated heterocycles. The molecular formula is C14H16Cl2N4O2S. The minimum atomic E-state index is 0.0548. The van der Waals surface area contributed by atoms with Crippen LogP contribution in [-0.2, 0) is 9.53 Å². The Hall–Kier alpha value is -1.02. The average Bonchev–Trinajstić information content (AvgIpc) is 2.87. The maximum absolute atomic E-state index is 12.4. The molecule has 124 valence electrons. The van der Waals surface area contributed by atoms with Crippen molar-refractivity contribution in [3.8, 4) is 0 Å². The van der Waals surface area contributed by atoms with Crippen LogP contribution in [0.3, 0.4) is 0 Å². The van der Waals surface area contributed by atoms with Gasteiger partial charge in [0.15, 0.2) is 10.8 Å². The summed E-state index contributed by atoms with van der Waals surface area (Å²) in [7, 11) is 0. The number of ether oxygens (including phenoxy) is 1. The quantitative estimate of drug-likeness (QED) is 0.773. The smallest absolute Gasteiger partial charge is 0.233 e. The van der Waals surface area contributed by atoms with Gasteiger partial charge in [-0.15, -0.1) is 10.2 Å². The van der Waals surface area contributed by atoms with Crippen LogP contribution >= 0.6 is 35.0 Å². The number of halogens is 2. The first-order chi connectivity index (χ1) is 10.9. The highest BCUT2D eigenvalue weighted by Gasteiger charge is 2.26. The molecule has 0 aliphatic carbocycles. The lowest BCUT2D eigenvalue weighted by Crippen LogP contribution is -2.48. The number of amides is 1. The molecule has 6 nitrogen and oxygen atoms in total. The summed E-state index contributed by atoms with van der Waals surface area (Å²) in [5.41, 5.74) is 0.527. The lowest BCUT2D eigenvalue weighted by Gasteiger charge is -2.35. The number of rotatable bonds is 3. The second-order valence-corrected chi connectivity index (χ2v) is 7.31. The number of fused-ring (bicyclic) bond motifs is 1. The molecule has 0 N–H and O–H groups in total. The summed E-state index contributed by atoms with van der Waals surface area (Å²) in [6.45, 7) is 5.17. The Morgan fingerprint density at radius 2 is 2.04 bits per heavy atom. The van der Waals surface area contributed by atoms with E-state index in [9.17, 15) is 4.79 Å². The number of morpholine rings is 1. The van der Waals surface area contributed by atoms with Crippen LogP contribution < -0.4 is 0 Å². The minimum Gasteiger partial charge on any atom is -0.372 e. The minimum absolute atomic E-state index is 0.0548. The molecule has 1 fully saturated rings. The predicted octanol–water partition coefficient (Wildman–Crippen LogP) is 2.76. The van der Waals surface area contributed by atoms with Crippen molar-refractivity contribution in [3.63, 3.8) is 0 Å². The predicted molar refractivity (Wildman–Crippen MR) is 90.3 cm³/mol. The first kappa shape index (κ1) is 16.8. The maximum atomic E-state index is 12.4. The molecule has 0 saturated carbocycles. The third-order valence-electron chi connectivity index (χ3n) is 3.49. The second kappa shape index (κ2) is 6.84. The fraction of sp³-hybridized carbons (Fsp3) is 0.500. The van der Waals surface area contributed by atoms with Crippen LogP contribution in [0.4, 0.5) is 0 Å². The summed E-state index contributed by atoms with van der Waals surface area (Å²) >= 11 is 13.4. The number of nitrogens with zero attached hydrogens (tertiary/aromatic N) is 4. The molecule has 9 heteroatoms. The zero-order valence-corrected chi connectivity index (χ0v) is 15.0. The van der Waals surface area contributed by atoms with E-state index in [1.807, 2.05) is 18.7 Å². The molecule has 23 heavy (non-hydrogen) atoms. The van der Waals surface area contributed by atoms with Gasteiger partial charge in [-0.25, -0.2) is 0 Å². The van der Waals surface area contributed by atoms with E-state index >= 15 is 0 Å². The molecule has 1 aliphatic heterocycles. The topological polar surface area (TPSA) is 59.7 Å². The molecular weight excluding hydrogens is 359 g/mol. The van der Waals surface area contributed by atoms with Gasteiger partial charge in [0, 0.05) is 19.3 Å². The van der Waals surface area contributed by atoms with E-state index in [0.717, 1.165) is 0 Å². The Balaban J connectivity index is 1.70. The summed E-state index contributed by atoms with van der Waals surface area (Å²) < 4.78 is 7.35. The van der Waals surface area contributed by atoms with Gasteiger partial charge in [-0.05, 0) is 19.9 Å². The lowest BCUT2D eigenvalue weighted by atomic mass is 10.2. The first-order valence-corrected chi connectivity index (χ1v) is 8.94. The third-order valence-corrected chi connectivity index (χ3v) is 4.90. The Labute approximate surface area is 148 Å². The van der Waals surface area contributed by atoms with Gasteiger partial charge in [-0.2, -0.15) is 0 Å². The SMILES string of the molecule is C[C@H]1CN(C(=O)CSc2nnc3c(Cl)cc(Cl)cn23)C[C@H](C)O1. The molecule has 1 aliphatic rings. The molecule has 1 amide bonds. The summed E-state index contributed by atoms with van der Waals surface area (Å²) in [6.07, 6.45) is 1.80. The van der Waals surface area contributed by atoms with Crippen LogP contribution in [0.25, 0.3) is 5.65 Å². The number of hydrogen-bond acceptors (Lipinski definition) is 5. The molecule has 0 spiro atoms. The van der Waals surface area contributed by atoms with E-state index in [1.54, 1.807) is 16.7 Å². The van der Waals surface area contributed by atoms with Gasteiger partial charge >= 0.3 is 0 Å². The molecule has 0 bridgehead atoms. The maximum Gasteiger partial charge on any atom is 0.233 e. The summed E-state index contributed by atoms with van der Waals surface area (Å²) in [5.74, 6) is 0.339. The van der Waals surface area contributed by atoms with E-state index in [1.165, 1.54) is 11.8 Å². The number of hydrogen-bond donors (Lipinski definition) is 0. The molecule has 2 atom stereocenters. The van der Waals surface area contributed by atoms with Crippen molar-refractivity contribution < 1.29 is 9.53 Å². The standard InChI is InChI=1S/C14H16Cl2N4O2S/c1-8-4-19(5-9(2)22-8)12(21)7-23-14-18-17-13-11(16)3-10(15)6-20(13)14/h3,6,8-9H,4-5,7H2,1-2H3/t8-,9-/m0/s1. The van der Waals surface area contributed by atoms with E-state index in [4.69, 9.17) is 27.9 Å². The summed E-state index contributed by atoms with van der Waals surface area (Å²) in [5, 5.41) is 9.62. The van der Waals surface area contributed by atoms with Crippen molar-refractivity contribution in [2.24, 2.45) is 0 Å². The number of thioether (sulfide) groups is 1. The highest BCUT2D eigenvalue weighted by Crippen LogP contribution is 2.25. The molecule has 3 heterocycles. The van der Waals surface area contributed by atoms with Crippen LogP contribution in [0.5, 0.6) is 0 Å². The van der Waals surface area contributed by atoms with Crippen molar-refractivity contribution in [3.05, 3.63) is 22.3 Å². The lowest BCUT2D eigenvalue weighted by molar-refractivity contribution is -0.140. The monoisotopic (exact) mass is 374 g/mol. The van der Waals surface area contributed by atoms with Crippen molar-refractivity contribution in [1.29, 1.82) is 0 Å². The Morgan fingerprint density at radius 1 is 1.35 bits per heavy atom. The molecule has 2 aromatic rings. The zero-order valence-electron chi connectivity index (χ0n) is 12.7. The largest absolute Gasteiger partial charge is 0.372 e. The first-order valence-electron chi connectivity index (χ1n) is 7.20. The molecule has 0 unspecified atom stereocenters. The third kappa shape index (κ3) is 3.74. The van der Waals surface area contributed by atoms with Crippen LogP contribution in [-0.4, -0.2) is 56.5 Å². The Morgan fingerprint density at radius 3 is 2.74 bits per heavy atom. The van der Waals surface area contributed by atoms with Crippen molar-refractivity contribution in [2.45, 2.75) is 31.2 Å². The average molecular weight is 375 g/mol. The fourth-order valence-corrected chi connectivity index (χ4v) is 3.92. The fourth-order valence-electron chi connectivity index (χ4n) is 2.60. The van der Waals surface area contributed by atoms with Gasteiger partial charge in [0.25, 0.3) is 0 Å². The Kier molecular flexibility index (Phi) is 5.01. The van der Waals surface area contributed by atoms with Gasteiger partial charge in [0.1, 0.15) is 0 Å². The highest BCUT2D eigenvalue weighted by atomic mass is 35.5. The van der Waals surface area contributed by atoms with Gasteiger partial charge in [0.2, 0.25) is 5.91 Å². The van der Waals surface area contributed by atoms with Crippen LogP contribution in [0.15, 0.2) is 17.4 Å². The van der Waals surface area contributed by atoms with Gasteiger partial charge in [-0.1, -0.05) is 35.0 Å². The van der Waals surface area contributed by atoms with Gasteiger partial charge in [0.05, 0.1) is 28.0 Å². The number of pyridine rings is 1. The summed E-state index contributed by atoms with van der Waals surface area (Å²) in [6, 6.07) is 1.61. The van der Waals surface area contributed by atoms with Crippen LogP contribution in [0, 0.1) is 0 Å². The van der Waals surface area contributed by atoms with Crippen molar-refractivity contribution >= 4 is 46.5 Å². The Bertz CT molecular complexity index is 729. The number of aromatic nitrogens is 3. The van der Waals surface area contributed by atoms with Crippen molar-refractivity contribution in [1.82, 2.24) is 19.5 Å². The normalized spacial score (nSPS) is 21.8. The summed E-state index contributed by atoms with van der Waals surface area (Å²) in [4.78, 5) is 14.2. The van der Waals surface area contributed by atoms with Gasteiger partial charge in [-0.3, -0.25) is 9.20 Å². The van der Waals surface area contributed by atoms with E-state index in [2.05, 4.69) is 10.2 Å². The van der Waals surface area contributed by atoms with E-state index < -0.39 is 0 Å². The van der Waals surface area contributed by atoms with E-state index in [0.29, 0.717) is 33.9 Å². The molecule has 0 aromatic carbocycles. The van der Waals surface area contributed by atoms with Crippen LogP contribution in [0.1, 0.15) is 13.8 Å².